The second kappa shape index (κ2) is 8.91. The van der Waals surface area contributed by atoms with Crippen molar-refractivity contribution in [3.63, 3.8) is 0 Å². The van der Waals surface area contributed by atoms with Crippen molar-refractivity contribution in [1.82, 2.24) is 14.9 Å². The normalized spacial score (nSPS) is 21.7. The van der Waals surface area contributed by atoms with Crippen LogP contribution in [0.15, 0.2) is 9.79 Å². The van der Waals surface area contributed by atoms with Crippen molar-refractivity contribution in [2.45, 2.75) is 57.3 Å². The standard InChI is InChI=1S/C19H30N6O4/c1-11(26)16(28)13-9-20-17-15(18(29)23-19(22-17)21-10-24(2)3)25(13)14(27)8-12-6-4-5-7-12/h10-13,16,26,28H,4-9H2,1-3H3,(H2,20,22,23,29)/t11-,13?,16-/m0/s1. The van der Waals surface area contributed by atoms with Gasteiger partial charge in [0.25, 0.3) is 5.56 Å². The smallest absolute Gasteiger partial charge is 0.278 e. The average Bonchev–Trinajstić information content (AvgIpc) is 3.17. The van der Waals surface area contributed by atoms with E-state index in [0.29, 0.717) is 6.42 Å². The Morgan fingerprint density at radius 1 is 1.38 bits per heavy atom. The van der Waals surface area contributed by atoms with Gasteiger partial charge in [-0.05, 0) is 25.7 Å². The lowest BCUT2D eigenvalue weighted by Crippen LogP contribution is -2.58. The number of aromatic amines is 1. The zero-order valence-corrected chi connectivity index (χ0v) is 17.1. The molecule has 10 heteroatoms. The van der Waals surface area contributed by atoms with E-state index < -0.39 is 23.8 Å². The van der Waals surface area contributed by atoms with E-state index in [1.54, 1.807) is 19.0 Å². The highest BCUT2D eigenvalue weighted by Crippen LogP contribution is 2.33. The van der Waals surface area contributed by atoms with Crippen LogP contribution in [-0.2, 0) is 4.79 Å². The van der Waals surface area contributed by atoms with Crippen molar-refractivity contribution < 1.29 is 15.0 Å². The van der Waals surface area contributed by atoms with E-state index in [-0.39, 0.29) is 35.8 Å². The van der Waals surface area contributed by atoms with E-state index in [0.717, 1.165) is 25.7 Å². The molecular formula is C19H30N6O4. The zero-order chi connectivity index (χ0) is 21.1. The molecule has 29 heavy (non-hydrogen) atoms. The highest BCUT2D eigenvalue weighted by atomic mass is 16.3. The summed E-state index contributed by atoms with van der Waals surface area (Å²) in [6, 6.07) is -0.768. The highest BCUT2D eigenvalue weighted by molar-refractivity contribution is 5.97. The lowest BCUT2D eigenvalue weighted by atomic mass is 9.98. The third-order valence-electron chi connectivity index (χ3n) is 5.44. The summed E-state index contributed by atoms with van der Waals surface area (Å²) in [5.41, 5.74) is -0.455. The van der Waals surface area contributed by atoms with E-state index in [1.165, 1.54) is 18.2 Å². The fourth-order valence-electron chi connectivity index (χ4n) is 3.96. The molecule has 1 aliphatic heterocycles. The first kappa shape index (κ1) is 21.3. The molecule has 0 saturated heterocycles. The number of nitrogens with one attached hydrogen (secondary N) is 2. The number of carbonyl (C=O) groups is 1. The minimum Gasteiger partial charge on any atom is -0.391 e. The van der Waals surface area contributed by atoms with Gasteiger partial charge in [-0.25, -0.2) is 4.99 Å². The Morgan fingerprint density at radius 2 is 2.07 bits per heavy atom. The van der Waals surface area contributed by atoms with Gasteiger partial charge in [0.15, 0.2) is 11.5 Å². The maximum absolute atomic E-state index is 13.2. The molecule has 3 rings (SSSR count). The summed E-state index contributed by atoms with van der Waals surface area (Å²) in [5, 5.41) is 23.4. The number of carbonyl (C=O) groups excluding carboxylic acids is 1. The summed E-state index contributed by atoms with van der Waals surface area (Å²) in [7, 11) is 3.59. The maximum atomic E-state index is 13.2. The van der Waals surface area contributed by atoms with E-state index in [2.05, 4.69) is 20.3 Å². The quantitative estimate of drug-likeness (QED) is 0.398. The van der Waals surface area contributed by atoms with Gasteiger partial charge in [0, 0.05) is 27.1 Å². The summed E-state index contributed by atoms with van der Waals surface area (Å²) in [5.74, 6) is 0.406. The predicted octanol–water partition coefficient (Wildman–Crippen LogP) is 0.440. The van der Waals surface area contributed by atoms with E-state index in [1.807, 2.05) is 0 Å². The number of aliphatic imine (C=N–C) groups is 1. The molecule has 1 fully saturated rings. The molecule has 0 aromatic carbocycles. The summed E-state index contributed by atoms with van der Waals surface area (Å²) in [6.45, 7) is 1.63. The van der Waals surface area contributed by atoms with E-state index in [4.69, 9.17) is 0 Å². The van der Waals surface area contributed by atoms with Crippen molar-refractivity contribution in [2.24, 2.45) is 10.9 Å². The van der Waals surface area contributed by atoms with Crippen LogP contribution in [0.5, 0.6) is 0 Å². The molecular weight excluding hydrogens is 376 g/mol. The van der Waals surface area contributed by atoms with E-state index in [9.17, 15) is 19.8 Å². The van der Waals surface area contributed by atoms with Crippen LogP contribution in [-0.4, -0.2) is 76.2 Å². The van der Waals surface area contributed by atoms with Crippen LogP contribution in [0.1, 0.15) is 39.0 Å². The van der Waals surface area contributed by atoms with Crippen LogP contribution in [0.4, 0.5) is 17.5 Å². The predicted molar refractivity (Wildman–Crippen MR) is 111 cm³/mol. The van der Waals surface area contributed by atoms with Crippen molar-refractivity contribution >= 4 is 29.7 Å². The Kier molecular flexibility index (Phi) is 6.53. The Morgan fingerprint density at radius 3 is 2.69 bits per heavy atom. The molecule has 0 bridgehead atoms. The van der Waals surface area contributed by atoms with E-state index >= 15 is 0 Å². The third-order valence-corrected chi connectivity index (χ3v) is 5.44. The second-order valence-electron chi connectivity index (χ2n) is 8.09. The molecule has 1 amide bonds. The first-order valence-electron chi connectivity index (χ1n) is 10.0. The number of aromatic nitrogens is 2. The molecule has 0 radical (unpaired) electrons. The largest absolute Gasteiger partial charge is 0.391 e. The SMILES string of the molecule is C[C@H](O)[C@H](O)C1CNc2nc(N=CN(C)C)[nH]c(=O)c2N1C(=O)CC1CCCC1. The van der Waals surface area contributed by atoms with Gasteiger partial charge in [0.2, 0.25) is 11.9 Å². The monoisotopic (exact) mass is 406 g/mol. The molecule has 1 unspecified atom stereocenters. The van der Waals surface area contributed by atoms with Gasteiger partial charge in [-0.3, -0.25) is 19.5 Å². The molecule has 1 saturated carbocycles. The molecule has 1 aliphatic carbocycles. The molecule has 1 aromatic heterocycles. The summed E-state index contributed by atoms with van der Waals surface area (Å²) < 4.78 is 0. The number of aliphatic hydroxyl groups is 2. The van der Waals surface area contributed by atoms with Crippen molar-refractivity contribution in [1.29, 1.82) is 0 Å². The van der Waals surface area contributed by atoms with Crippen LogP contribution >= 0.6 is 0 Å². The first-order valence-corrected chi connectivity index (χ1v) is 10.0. The number of nitrogens with zero attached hydrogens (tertiary/aromatic N) is 4. The van der Waals surface area contributed by atoms with Crippen LogP contribution in [0.2, 0.25) is 0 Å². The third kappa shape index (κ3) is 4.76. The number of hydrogen-bond acceptors (Lipinski definition) is 7. The lowest BCUT2D eigenvalue weighted by Gasteiger charge is -2.40. The first-order chi connectivity index (χ1) is 13.8. The summed E-state index contributed by atoms with van der Waals surface area (Å²) >= 11 is 0. The minimum absolute atomic E-state index is 0.0627. The van der Waals surface area contributed by atoms with Crippen molar-refractivity contribution in [2.75, 3.05) is 30.9 Å². The number of amides is 1. The van der Waals surface area contributed by atoms with Gasteiger partial charge in [-0.2, -0.15) is 4.98 Å². The van der Waals surface area contributed by atoms with Crippen molar-refractivity contribution in [3.05, 3.63) is 10.4 Å². The molecule has 160 valence electrons. The van der Waals surface area contributed by atoms with Crippen molar-refractivity contribution in [3.8, 4) is 0 Å². The Balaban J connectivity index is 1.98. The van der Waals surface area contributed by atoms with Gasteiger partial charge in [0.05, 0.1) is 18.5 Å². The molecule has 2 aliphatic rings. The van der Waals surface area contributed by atoms with Gasteiger partial charge in [-0.1, -0.05) is 12.8 Å². The molecule has 2 heterocycles. The van der Waals surface area contributed by atoms with Crippen LogP contribution in [0, 0.1) is 5.92 Å². The van der Waals surface area contributed by atoms with Gasteiger partial charge in [0.1, 0.15) is 6.10 Å². The minimum atomic E-state index is -1.20. The summed E-state index contributed by atoms with van der Waals surface area (Å²) in [4.78, 5) is 40.1. The Labute approximate surface area is 169 Å². The molecule has 3 atom stereocenters. The maximum Gasteiger partial charge on any atom is 0.278 e. The van der Waals surface area contributed by atoms with Gasteiger partial charge in [-0.15, -0.1) is 0 Å². The highest BCUT2D eigenvalue weighted by Gasteiger charge is 2.40. The van der Waals surface area contributed by atoms with Gasteiger partial charge < -0.3 is 20.4 Å². The van der Waals surface area contributed by atoms with Crippen LogP contribution < -0.4 is 15.8 Å². The Bertz CT molecular complexity index is 815. The number of fused-ring (bicyclic) bond motifs is 1. The Hall–Kier alpha value is -2.46. The number of hydrogen-bond donors (Lipinski definition) is 4. The molecule has 10 nitrogen and oxygen atoms in total. The molecule has 0 spiro atoms. The second-order valence-corrected chi connectivity index (χ2v) is 8.09. The fraction of sp³-hybridized carbons (Fsp3) is 0.684. The average molecular weight is 406 g/mol. The summed E-state index contributed by atoms with van der Waals surface area (Å²) in [6.07, 6.45) is 3.74. The number of H-pyrrole nitrogens is 1. The number of aliphatic hydroxyl groups excluding tert-OH is 2. The van der Waals surface area contributed by atoms with Crippen LogP contribution in [0.25, 0.3) is 0 Å². The zero-order valence-electron chi connectivity index (χ0n) is 17.1. The van der Waals surface area contributed by atoms with Gasteiger partial charge >= 0.3 is 0 Å². The number of anilines is 2. The number of rotatable bonds is 6. The molecule has 4 N–H and O–H groups in total. The van der Waals surface area contributed by atoms with Crippen LogP contribution in [0.3, 0.4) is 0 Å². The fourth-order valence-corrected chi connectivity index (χ4v) is 3.96. The lowest BCUT2D eigenvalue weighted by molar-refractivity contribution is -0.121. The molecule has 1 aromatic rings. The topological polar surface area (TPSA) is 134 Å².